The minimum absolute atomic E-state index is 0.221. The van der Waals surface area contributed by atoms with E-state index in [0.29, 0.717) is 0 Å². The summed E-state index contributed by atoms with van der Waals surface area (Å²) >= 11 is 0. The molecule has 1 aliphatic heterocycles. The summed E-state index contributed by atoms with van der Waals surface area (Å²) in [6.45, 7) is 2.02. The Morgan fingerprint density at radius 3 is 3.13 bits per heavy atom. The minimum Gasteiger partial charge on any atom is -0.490 e. The molecule has 0 unspecified atom stereocenters. The van der Waals surface area contributed by atoms with Crippen molar-refractivity contribution in [3.05, 3.63) is 35.4 Å². The van der Waals surface area contributed by atoms with Crippen LogP contribution in [0.2, 0.25) is 0 Å². The van der Waals surface area contributed by atoms with E-state index in [9.17, 15) is 4.79 Å². The number of rotatable bonds is 2. The standard InChI is InChI=1S/C12H12O3/c1-8-6-10-7-9(3-5-12(13)14)2-4-11(10)15-8/h2-5,7-8H,6H2,1H3,(H,13,14)/b5-3-/t8-/m0/s1. The van der Waals surface area contributed by atoms with Crippen LogP contribution in [0.3, 0.4) is 0 Å². The highest BCUT2D eigenvalue weighted by atomic mass is 16.5. The van der Waals surface area contributed by atoms with Crippen LogP contribution in [-0.4, -0.2) is 17.2 Å². The fourth-order valence-corrected chi connectivity index (χ4v) is 1.71. The van der Waals surface area contributed by atoms with Crippen molar-refractivity contribution >= 4 is 12.0 Å². The Morgan fingerprint density at radius 2 is 2.40 bits per heavy atom. The quantitative estimate of drug-likeness (QED) is 0.750. The molecular weight excluding hydrogens is 192 g/mol. The summed E-state index contributed by atoms with van der Waals surface area (Å²) in [6, 6.07) is 5.72. The second-order valence-electron chi connectivity index (χ2n) is 3.67. The summed E-state index contributed by atoms with van der Waals surface area (Å²) in [7, 11) is 0. The van der Waals surface area contributed by atoms with Crippen LogP contribution in [0, 0.1) is 0 Å². The smallest absolute Gasteiger partial charge is 0.328 e. The third-order valence-corrected chi connectivity index (χ3v) is 2.34. The Hall–Kier alpha value is -1.77. The van der Waals surface area contributed by atoms with Gasteiger partial charge in [0.25, 0.3) is 0 Å². The first kappa shape index (κ1) is 9.77. The zero-order valence-corrected chi connectivity index (χ0v) is 8.43. The molecule has 0 aromatic heterocycles. The van der Waals surface area contributed by atoms with Crippen LogP contribution >= 0.6 is 0 Å². The predicted octanol–water partition coefficient (Wildman–Crippen LogP) is 2.11. The Labute approximate surface area is 88.0 Å². The number of hydrogen-bond acceptors (Lipinski definition) is 2. The first-order chi connectivity index (χ1) is 7.15. The molecule has 0 aliphatic carbocycles. The van der Waals surface area contributed by atoms with Gasteiger partial charge in [-0.15, -0.1) is 0 Å². The number of carboxylic acids is 1. The van der Waals surface area contributed by atoms with Crippen LogP contribution in [0.5, 0.6) is 5.75 Å². The van der Waals surface area contributed by atoms with Gasteiger partial charge in [-0.2, -0.15) is 0 Å². The van der Waals surface area contributed by atoms with Crippen LogP contribution in [0.4, 0.5) is 0 Å². The topological polar surface area (TPSA) is 46.5 Å². The molecule has 1 aliphatic rings. The van der Waals surface area contributed by atoms with E-state index in [1.54, 1.807) is 6.08 Å². The van der Waals surface area contributed by atoms with E-state index in [4.69, 9.17) is 9.84 Å². The molecule has 0 radical (unpaired) electrons. The fourth-order valence-electron chi connectivity index (χ4n) is 1.71. The van der Waals surface area contributed by atoms with E-state index in [-0.39, 0.29) is 6.10 Å². The Kier molecular flexibility index (Phi) is 2.46. The molecule has 2 rings (SSSR count). The lowest BCUT2D eigenvalue weighted by molar-refractivity contribution is -0.131. The molecular formula is C12H12O3. The van der Waals surface area contributed by atoms with Crippen LogP contribution in [0.25, 0.3) is 6.08 Å². The average Bonchev–Trinajstić information content (AvgIpc) is 2.53. The Morgan fingerprint density at radius 1 is 1.60 bits per heavy atom. The molecule has 0 fully saturated rings. The minimum atomic E-state index is -0.930. The maximum Gasteiger partial charge on any atom is 0.328 e. The van der Waals surface area contributed by atoms with Gasteiger partial charge in [0.1, 0.15) is 11.9 Å². The van der Waals surface area contributed by atoms with Crippen molar-refractivity contribution in [3.8, 4) is 5.75 Å². The highest BCUT2D eigenvalue weighted by molar-refractivity contribution is 5.85. The van der Waals surface area contributed by atoms with Gasteiger partial charge in [0.05, 0.1) is 0 Å². The monoisotopic (exact) mass is 204 g/mol. The Bertz CT molecular complexity index is 421. The number of carbonyl (C=O) groups is 1. The lowest BCUT2D eigenvalue weighted by Gasteiger charge is -2.01. The molecule has 0 bridgehead atoms. The van der Waals surface area contributed by atoms with E-state index in [2.05, 4.69) is 0 Å². The molecule has 0 amide bonds. The van der Waals surface area contributed by atoms with Crippen molar-refractivity contribution in [1.82, 2.24) is 0 Å². The summed E-state index contributed by atoms with van der Waals surface area (Å²) < 4.78 is 5.55. The Balaban J connectivity index is 2.23. The van der Waals surface area contributed by atoms with Gasteiger partial charge >= 0.3 is 5.97 Å². The first-order valence-corrected chi connectivity index (χ1v) is 4.86. The summed E-state index contributed by atoms with van der Waals surface area (Å²) in [5.74, 6) is -0.0184. The second-order valence-corrected chi connectivity index (χ2v) is 3.67. The summed E-state index contributed by atoms with van der Waals surface area (Å²) in [5, 5.41) is 8.50. The normalized spacial score (nSPS) is 18.9. The zero-order valence-electron chi connectivity index (χ0n) is 8.43. The van der Waals surface area contributed by atoms with Gasteiger partial charge < -0.3 is 9.84 Å². The maximum absolute atomic E-state index is 10.3. The molecule has 1 aromatic carbocycles. The van der Waals surface area contributed by atoms with Gasteiger partial charge in [0, 0.05) is 12.5 Å². The average molecular weight is 204 g/mol. The lowest BCUT2D eigenvalue weighted by Crippen LogP contribution is -2.05. The van der Waals surface area contributed by atoms with E-state index < -0.39 is 5.97 Å². The van der Waals surface area contributed by atoms with Crippen molar-refractivity contribution in [1.29, 1.82) is 0 Å². The number of ether oxygens (including phenoxy) is 1. The van der Waals surface area contributed by atoms with Crippen LogP contribution in [0.1, 0.15) is 18.1 Å². The van der Waals surface area contributed by atoms with Gasteiger partial charge in [-0.25, -0.2) is 4.79 Å². The molecule has 3 nitrogen and oxygen atoms in total. The van der Waals surface area contributed by atoms with Crippen molar-refractivity contribution in [2.75, 3.05) is 0 Å². The molecule has 0 saturated heterocycles. The van der Waals surface area contributed by atoms with Gasteiger partial charge in [-0.3, -0.25) is 0 Å². The number of carboxylic acid groups (broad SMARTS) is 1. The van der Waals surface area contributed by atoms with Gasteiger partial charge in [0.15, 0.2) is 0 Å². The zero-order chi connectivity index (χ0) is 10.8. The van der Waals surface area contributed by atoms with Crippen molar-refractivity contribution in [3.63, 3.8) is 0 Å². The molecule has 0 saturated carbocycles. The van der Waals surface area contributed by atoms with Crippen molar-refractivity contribution in [2.45, 2.75) is 19.4 Å². The second kappa shape index (κ2) is 3.77. The molecule has 0 spiro atoms. The third-order valence-electron chi connectivity index (χ3n) is 2.34. The largest absolute Gasteiger partial charge is 0.490 e. The molecule has 1 aromatic rings. The van der Waals surface area contributed by atoms with Gasteiger partial charge in [-0.05, 0) is 36.3 Å². The predicted molar refractivity (Wildman–Crippen MR) is 56.9 cm³/mol. The highest BCUT2D eigenvalue weighted by Crippen LogP contribution is 2.29. The first-order valence-electron chi connectivity index (χ1n) is 4.86. The van der Waals surface area contributed by atoms with Crippen LogP contribution < -0.4 is 4.74 Å². The summed E-state index contributed by atoms with van der Waals surface area (Å²) in [4.78, 5) is 10.3. The van der Waals surface area contributed by atoms with E-state index in [1.807, 2.05) is 25.1 Å². The maximum atomic E-state index is 10.3. The summed E-state index contributed by atoms with van der Waals surface area (Å²) in [5.41, 5.74) is 2.05. The molecule has 3 heteroatoms. The number of fused-ring (bicyclic) bond motifs is 1. The molecule has 78 valence electrons. The lowest BCUT2D eigenvalue weighted by atomic mass is 10.1. The SMILES string of the molecule is C[C@H]1Cc2cc(/C=C\C(=O)O)ccc2O1. The van der Waals surface area contributed by atoms with Crippen LogP contribution in [0.15, 0.2) is 24.3 Å². The number of hydrogen-bond donors (Lipinski definition) is 1. The number of benzene rings is 1. The fraction of sp³-hybridized carbons (Fsp3) is 0.250. The van der Waals surface area contributed by atoms with E-state index in [0.717, 1.165) is 29.4 Å². The van der Waals surface area contributed by atoms with Crippen LogP contribution in [-0.2, 0) is 11.2 Å². The molecule has 1 atom stereocenters. The number of aliphatic carboxylic acids is 1. The third kappa shape index (κ3) is 2.18. The highest BCUT2D eigenvalue weighted by Gasteiger charge is 2.18. The molecule has 1 heterocycles. The van der Waals surface area contributed by atoms with E-state index >= 15 is 0 Å². The van der Waals surface area contributed by atoms with Gasteiger partial charge in [-0.1, -0.05) is 6.07 Å². The van der Waals surface area contributed by atoms with Crippen molar-refractivity contribution in [2.24, 2.45) is 0 Å². The van der Waals surface area contributed by atoms with Gasteiger partial charge in [0.2, 0.25) is 0 Å². The molecule has 1 N–H and O–H groups in total. The van der Waals surface area contributed by atoms with Crippen molar-refractivity contribution < 1.29 is 14.6 Å². The summed E-state index contributed by atoms with van der Waals surface area (Å²) in [6.07, 6.45) is 3.84. The molecule has 15 heavy (non-hydrogen) atoms. The van der Waals surface area contributed by atoms with E-state index in [1.165, 1.54) is 0 Å².